The molecule has 7 nitrogen and oxygen atoms in total. The molecule has 0 spiro atoms. The molecule has 2 aromatic heterocycles. The number of hydrogen-bond acceptors (Lipinski definition) is 4. The monoisotopic (exact) mass is 427 g/mol. The number of nitrogens with zero attached hydrogens (tertiary/aromatic N) is 4. The van der Waals surface area contributed by atoms with Gasteiger partial charge in [0.2, 0.25) is 0 Å². The fraction of sp³-hybridized carbons (Fsp3) is 0.158. The van der Waals surface area contributed by atoms with Gasteiger partial charge < -0.3 is 10.2 Å². The van der Waals surface area contributed by atoms with Crippen LogP contribution < -0.4 is 5.32 Å². The molecule has 0 unspecified atom stereocenters. The predicted octanol–water partition coefficient (Wildman–Crippen LogP) is 2.69. The van der Waals surface area contributed by atoms with Crippen molar-refractivity contribution in [2.75, 3.05) is 12.4 Å². The van der Waals surface area contributed by atoms with E-state index in [1.54, 1.807) is 30.2 Å². The molecule has 2 heterocycles. The summed E-state index contributed by atoms with van der Waals surface area (Å²) in [5, 5.41) is 6.78. The summed E-state index contributed by atoms with van der Waals surface area (Å²) in [5.41, 5.74) is 1.78. The van der Waals surface area contributed by atoms with E-state index in [4.69, 9.17) is 0 Å². The Bertz CT molecular complexity index is 925. The molecule has 0 atom stereocenters. The lowest BCUT2D eigenvalue weighted by molar-refractivity contribution is -0.142. The topological polar surface area (TPSA) is 80.1 Å². The molecule has 27 heavy (non-hydrogen) atoms. The van der Waals surface area contributed by atoms with Crippen LogP contribution in [0, 0.1) is 0 Å². The Hall–Kier alpha value is -3.00. The van der Waals surface area contributed by atoms with E-state index in [1.165, 1.54) is 4.90 Å². The van der Waals surface area contributed by atoms with Gasteiger partial charge in [-0.05, 0) is 29.8 Å². The van der Waals surface area contributed by atoms with Crippen molar-refractivity contribution >= 4 is 33.6 Å². The number of aromatic nitrogens is 3. The maximum absolute atomic E-state index is 12.3. The minimum Gasteiger partial charge on any atom is -0.333 e. The lowest BCUT2D eigenvalue weighted by Crippen LogP contribution is -2.36. The molecule has 3 rings (SSSR count). The second-order valence-electron chi connectivity index (χ2n) is 5.96. The molecule has 1 N–H and O–H groups in total. The first-order chi connectivity index (χ1) is 13.0. The van der Waals surface area contributed by atoms with Crippen molar-refractivity contribution in [2.24, 2.45) is 0 Å². The van der Waals surface area contributed by atoms with Crippen LogP contribution in [0.3, 0.4) is 0 Å². The van der Waals surface area contributed by atoms with Gasteiger partial charge >= 0.3 is 11.8 Å². The van der Waals surface area contributed by atoms with E-state index in [-0.39, 0.29) is 0 Å². The number of anilines is 1. The van der Waals surface area contributed by atoms with E-state index >= 15 is 0 Å². The molecule has 0 saturated carbocycles. The Morgan fingerprint density at radius 1 is 1.15 bits per heavy atom. The number of carbonyl (C=O) groups is 2. The van der Waals surface area contributed by atoms with Crippen molar-refractivity contribution in [2.45, 2.75) is 13.1 Å². The van der Waals surface area contributed by atoms with Gasteiger partial charge in [0.1, 0.15) is 0 Å². The SMILES string of the molecule is CN(Cc1ccc(Br)cc1)C(=O)C(=O)Nc1ccn(Cc2ccccn2)n1. The van der Waals surface area contributed by atoms with Crippen LogP contribution in [0.5, 0.6) is 0 Å². The first-order valence-electron chi connectivity index (χ1n) is 8.25. The fourth-order valence-electron chi connectivity index (χ4n) is 2.45. The van der Waals surface area contributed by atoms with Crippen LogP contribution in [0.1, 0.15) is 11.3 Å². The number of carbonyl (C=O) groups excluding carboxylic acids is 2. The van der Waals surface area contributed by atoms with E-state index in [2.05, 4.69) is 31.3 Å². The van der Waals surface area contributed by atoms with Gasteiger partial charge in [-0.15, -0.1) is 0 Å². The summed E-state index contributed by atoms with van der Waals surface area (Å²) in [6, 6.07) is 14.8. The molecule has 0 radical (unpaired) electrons. The van der Waals surface area contributed by atoms with E-state index in [0.717, 1.165) is 15.7 Å². The van der Waals surface area contributed by atoms with E-state index in [9.17, 15) is 9.59 Å². The minimum absolute atomic E-state index is 0.321. The molecule has 8 heteroatoms. The fourth-order valence-corrected chi connectivity index (χ4v) is 2.72. The molecule has 2 amide bonds. The van der Waals surface area contributed by atoms with Crippen molar-refractivity contribution in [1.82, 2.24) is 19.7 Å². The van der Waals surface area contributed by atoms with Crippen molar-refractivity contribution in [3.63, 3.8) is 0 Å². The third-order valence-electron chi connectivity index (χ3n) is 3.81. The molecule has 0 aliphatic heterocycles. The van der Waals surface area contributed by atoms with E-state index < -0.39 is 11.8 Å². The first kappa shape index (κ1) is 18.8. The summed E-state index contributed by atoms with van der Waals surface area (Å²) in [6.45, 7) is 0.821. The highest BCUT2D eigenvalue weighted by molar-refractivity contribution is 9.10. The summed E-state index contributed by atoms with van der Waals surface area (Å²) in [5.74, 6) is -1.03. The van der Waals surface area contributed by atoms with E-state index in [1.807, 2.05) is 42.5 Å². The third kappa shape index (κ3) is 5.24. The molecular weight excluding hydrogens is 410 g/mol. The predicted molar refractivity (Wildman–Crippen MR) is 105 cm³/mol. The molecule has 0 aliphatic carbocycles. The molecule has 0 bridgehead atoms. The zero-order valence-corrected chi connectivity index (χ0v) is 16.3. The highest BCUT2D eigenvalue weighted by Crippen LogP contribution is 2.12. The summed E-state index contributed by atoms with van der Waals surface area (Å²) < 4.78 is 2.60. The third-order valence-corrected chi connectivity index (χ3v) is 4.34. The number of benzene rings is 1. The Kier molecular flexibility index (Phi) is 5.97. The second kappa shape index (κ2) is 8.59. The molecule has 0 fully saturated rings. The first-order valence-corrected chi connectivity index (χ1v) is 9.05. The number of amides is 2. The van der Waals surface area contributed by atoms with Crippen molar-refractivity contribution in [3.05, 3.63) is 76.7 Å². The smallest absolute Gasteiger partial charge is 0.315 e. The van der Waals surface area contributed by atoms with Crippen LogP contribution in [0.25, 0.3) is 0 Å². The van der Waals surface area contributed by atoms with Crippen LogP contribution in [0.15, 0.2) is 65.4 Å². The lowest BCUT2D eigenvalue weighted by atomic mass is 10.2. The Morgan fingerprint density at radius 3 is 2.63 bits per heavy atom. The maximum atomic E-state index is 12.3. The number of nitrogens with one attached hydrogen (secondary N) is 1. The number of rotatable bonds is 5. The number of likely N-dealkylation sites (N-methyl/N-ethyl adjacent to an activating group) is 1. The lowest BCUT2D eigenvalue weighted by Gasteiger charge is -2.16. The Balaban J connectivity index is 1.56. The van der Waals surface area contributed by atoms with Crippen molar-refractivity contribution in [1.29, 1.82) is 0 Å². The van der Waals surface area contributed by atoms with Gasteiger partial charge in [-0.1, -0.05) is 34.1 Å². The van der Waals surface area contributed by atoms with Crippen molar-refractivity contribution < 1.29 is 9.59 Å². The Morgan fingerprint density at radius 2 is 1.93 bits per heavy atom. The molecule has 3 aromatic rings. The van der Waals surface area contributed by atoms with Gasteiger partial charge in [0.05, 0.1) is 12.2 Å². The quantitative estimate of drug-likeness (QED) is 0.634. The average molecular weight is 428 g/mol. The molecular formula is C19H18BrN5O2. The number of hydrogen-bond donors (Lipinski definition) is 1. The summed E-state index contributed by atoms with van der Waals surface area (Å²) in [4.78, 5) is 30.1. The zero-order valence-electron chi connectivity index (χ0n) is 14.7. The second-order valence-corrected chi connectivity index (χ2v) is 6.88. The van der Waals surface area contributed by atoms with Crippen LogP contribution >= 0.6 is 15.9 Å². The summed E-state index contributed by atoms with van der Waals surface area (Å²) >= 11 is 3.37. The molecule has 0 aliphatic rings. The van der Waals surface area contributed by atoms with Crippen LogP contribution in [-0.2, 0) is 22.7 Å². The van der Waals surface area contributed by atoms with E-state index in [0.29, 0.717) is 18.9 Å². The average Bonchev–Trinajstić information content (AvgIpc) is 3.10. The van der Waals surface area contributed by atoms with Crippen LogP contribution in [0.4, 0.5) is 5.82 Å². The van der Waals surface area contributed by atoms with Crippen LogP contribution in [0.2, 0.25) is 0 Å². The Labute approximate surface area is 165 Å². The highest BCUT2D eigenvalue weighted by Gasteiger charge is 2.19. The zero-order chi connectivity index (χ0) is 19.2. The largest absolute Gasteiger partial charge is 0.333 e. The minimum atomic E-state index is -0.724. The van der Waals surface area contributed by atoms with Gasteiger partial charge in [0.15, 0.2) is 5.82 Å². The molecule has 138 valence electrons. The standard InChI is InChI=1S/C19H18BrN5O2/c1-24(12-14-5-7-15(20)8-6-14)19(27)18(26)22-17-9-11-25(23-17)13-16-4-2-3-10-21-16/h2-11H,12-13H2,1H3,(H,22,23,26). The molecule has 1 aromatic carbocycles. The highest BCUT2D eigenvalue weighted by atomic mass is 79.9. The van der Waals surface area contributed by atoms with Crippen LogP contribution in [-0.4, -0.2) is 38.5 Å². The molecule has 0 saturated heterocycles. The van der Waals surface area contributed by atoms with Gasteiger partial charge in [0.25, 0.3) is 0 Å². The number of pyridine rings is 1. The maximum Gasteiger partial charge on any atom is 0.315 e. The van der Waals surface area contributed by atoms with Gasteiger partial charge in [-0.2, -0.15) is 5.10 Å². The normalized spacial score (nSPS) is 10.4. The summed E-state index contributed by atoms with van der Waals surface area (Å²) in [6.07, 6.45) is 3.43. The van der Waals surface area contributed by atoms with Gasteiger partial charge in [-0.3, -0.25) is 19.3 Å². The van der Waals surface area contributed by atoms with Gasteiger partial charge in [0, 0.05) is 36.5 Å². The number of halogens is 1. The summed E-state index contributed by atoms with van der Waals surface area (Å²) in [7, 11) is 1.59. The van der Waals surface area contributed by atoms with Gasteiger partial charge in [-0.25, -0.2) is 0 Å². The van der Waals surface area contributed by atoms with Crippen molar-refractivity contribution in [3.8, 4) is 0 Å².